The van der Waals surface area contributed by atoms with E-state index in [1.807, 2.05) is 0 Å². The fourth-order valence-electron chi connectivity index (χ4n) is 8.00. The Morgan fingerprint density at radius 3 is 2.41 bits per heavy atom. The SMILES string of the molecule is CC1(C)C2=C(CCC=C2)N(c2ccc(-n3c4ccccc4c4ccc5ccn(C6C=CC=CC6)c5c43)cc2)c2ccccc21. The number of fused-ring (bicyclic) bond motifs is 6. The molecule has 0 radical (unpaired) electrons. The molecule has 0 fully saturated rings. The van der Waals surface area contributed by atoms with Gasteiger partial charge in [0.25, 0.3) is 0 Å². The standard InChI is InChI=1S/C41H35N3/c1-41(2)34-15-7-10-18-37(34)43(38-19-11-8-16-35(38)41)30-21-23-31(24-22-30)44-36-17-9-6-14-32(36)33-25-20-28-26-27-42(39(28)40(33)44)29-12-4-3-5-13-29/h3-10,12,14-18,20-27,29H,11,13,19H2,1-2H3. The summed E-state index contributed by atoms with van der Waals surface area (Å²) in [6.45, 7) is 4.74. The van der Waals surface area contributed by atoms with Crippen molar-refractivity contribution < 1.29 is 0 Å². The van der Waals surface area contributed by atoms with E-state index in [2.05, 4.69) is 162 Å². The molecule has 1 unspecified atom stereocenters. The summed E-state index contributed by atoms with van der Waals surface area (Å²) in [7, 11) is 0. The van der Waals surface area contributed by atoms with Gasteiger partial charge < -0.3 is 14.0 Å². The van der Waals surface area contributed by atoms with Crippen molar-refractivity contribution in [3.05, 3.63) is 150 Å². The maximum atomic E-state index is 2.52. The van der Waals surface area contributed by atoms with Crippen LogP contribution in [0.15, 0.2) is 145 Å². The molecule has 9 rings (SSSR count). The molecule has 0 amide bonds. The summed E-state index contributed by atoms with van der Waals surface area (Å²) >= 11 is 0. The van der Waals surface area contributed by atoms with Crippen LogP contribution in [0, 0.1) is 0 Å². The van der Waals surface area contributed by atoms with Crippen molar-refractivity contribution >= 4 is 44.1 Å². The van der Waals surface area contributed by atoms with Gasteiger partial charge in [-0.1, -0.05) is 98.8 Å². The molecule has 3 nitrogen and oxygen atoms in total. The molecule has 1 atom stereocenters. The number of hydrogen-bond donors (Lipinski definition) is 0. The molecule has 0 saturated carbocycles. The zero-order chi connectivity index (χ0) is 29.4. The lowest BCUT2D eigenvalue weighted by atomic mass is 9.71. The second kappa shape index (κ2) is 9.49. The fraction of sp³-hybridized carbons (Fsp3) is 0.171. The van der Waals surface area contributed by atoms with Gasteiger partial charge in [-0.15, -0.1) is 0 Å². The lowest BCUT2D eigenvalue weighted by molar-refractivity contribution is 0.603. The molecular weight excluding hydrogens is 534 g/mol. The molecule has 6 aromatic rings. The summed E-state index contributed by atoms with van der Waals surface area (Å²) in [6, 6.07) is 34.3. The van der Waals surface area contributed by atoms with E-state index >= 15 is 0 Å². The molecule has 0 bridgehead atoms. The summed E-state index contributed by atoms with van der Waals surface area (Å²) in [6.07, 6.45) is 19.0. The fourth-order valence-corrected chi connectivity index (χ4v) is 8.00. The molecular formula is C41H35N3. The van der Waals surface area contributed by atoms with Gasteiger partial charge in [-0.3, -0.25) is 0 Å². The van der Waals surface area contributed by atoms with Gasteiger partial charge >= 0.3 is 0 Å². The van der Waals surface area contributed by atoms with E-state index in [4.69, 9.17) is 0 Å². The van der Waals surface area contributed by atoms with Crippen molar-refractivity contribution in [3.63, 3.8) is 0 Å². The highest BCUT2D eigenvalue weighted by molar-refractivity contribution is 6.18. The van der Waals surface area contributed by atoms with Crippen molar-refractivity contribution in [1.82, 2.24) is 9.13 Å². The first-order valence-corrected chi connectivity index (χ1v) is 15.9. The van der Waals surface area contributed by atoms with Gasteiger partial charge in [0.05, 0.1) is 22.6 Å². The predicted molar refractivity (Wildman–Crippen MR) is 185 cm³/mol. The summed E-state index contributed by atoms with van der Waals surface area (Å²) in [5.74, 6) is 0. The largest absolute Gasteiger partial charge is 0.339 e. The third-order valence-corrected chi connectivity index (χ3v) is 10.1. The Bertz CT molecular complexity index is 2230. The van der Waals surface area contributed by atoms with Gasteiger partial charge in [-0.25, -0.2) is 0 Å². The molecule has 0 spiro atoms. The van der Waals surface area contributed by atoms with Crippen LogP contribution in [0.5, 0.6) is 0 Å². The number of allylic oxidation sites excluding steroid dienone is 8. The first-order chi connectivity index (χ1) is 21.6. The lowest BCUT2D eigenvalue weighted by Gasteiger charge is -2.44. The Labute approximate surface area is 258 Å². The highest BCUT2D eigenvalue weighted by Gasteiger charge is 2.38. The quantitative estimate of drug-likeness (QED) is 0.207. The zero-order valence-corrected chi connectivity index (χ0v) is 25.2. The maximum absolute atomic E-state index is 2.52. The normalized spacial score (nSPS) is 18.9. The number of nitrogens with zero attached hydrogens (tertiary/aromatic N) is 3. The molecule has 0 saturated heterocycles. The van der Waals surface area contributed by atoms with Gasteiger partial charge in [0.15, 0.2) is 0 Å². The first kappa shape index (κ1) is 25.5. The summed E-state index contributed by atoms with van der Waals surface area (Å²) in [4.78, 5) is 2.52. The first-order valence-electron chi connectivity index (χ1n) is 15.9. The molecule has 4 aromatic carbocycles. The number of aromatic nitrogens is 2. The zero-order valence-electron chi connectivity index (χ0n) is 25.2. The van der Waals surface area contributed by atoms with Crippen LogP contribution in [0.4, 0.5) is 11.4 Å². The van der Waals surface area contributed by atoms with Crippen molar-refractivity contribution in [2.24, 2.45) is 0 Å². The van der Waals surface area contributed by atoms with Gasteiger partial charge in [-0.05, 0) is 72.9 Å². The molecule has 3 heterocycles. The van der Waals surface area contributed by atoms with E-state index in [-0.39, 0.29) is 5.41 Å². The van der Waals surface area contributed by atoms with Crippen LogP contribution in [0.3, 0.4) is 0 Å². The van der Waals surface area contributed by atoms with Crippen LogP contribution >= 0.6 is 0 Å². The van der Waals surface area contributed by atoms with Crippen LogP contribution < -0.4 is 4.90 Å². The molecule has 3 heteroatoms. The Morgan fingerprint density at radius 1 is 0.727 bits per heavy atom. The Morgan fingerprint density at radius 2 is 1.55 bits per heavy atom. The minimum absolute atomic E-state index is 0.0220. The van der Waals surface area contributed by atoms with E-state index < -0.39 is 0 Å². The summed E-state index contributed by atoms with van der Waals surface area (Å²) < 4.78 is 4.95. The molecule has 2 aromatic heterocycles. The van der Waals surface area contributed by atoms with E-state index in [9.17, 15) is 0 Å². The predicted octanol–water partition coefficient (Wildman–Crippen LogP) is 10.8. The summed E-state index contributed by atoms with van der Waals surface area (Å²) in [5, 5.41) is 3.86. The van der Waals surface area contributed by atoms with Gasteiger partial charge in [0.1, 0.15) is 0 Å². The van der Waals surface area contributed by atoms with Crippen molar-refractivity contribution in [2.45, 2.75) is 44.6 Å². The summed E-state index contributed by atoms with van der Waals surface area (Å²) in [5.41, 5.74) is 11.7. The van der Waals surface area contributed by atoms with E-state index in [0.29, 0.717) is 6.04 Å². The van der Waals surface area contributed by atoms with Crippen molar-refractivity contribution in [2.75, 3.05) is 4.90 Å². The molecule has 1 aliphatic heterocycles. The highest BCUT2D eigenvalue weighted by atomic mass is 15.2. The van der Waals surface area contributed by atoms with E-state index in [0.717, 1.165) is 19.3 Å². The molecule has 214 valence electrons. The Kier molecular flexibility index (Phi) is 5.49. The minimum Gasteiger partial charge on any atom is -0.339 e. The van der Waals surface area contributed by atoms with Gasteiger partial charge in [0, 0.05) is 50.5 Å². The average molecular weight is 570 g/mol. The second-order valence-corrected chi connectivity index (χ2v) is 12.9. The van der Waals surface area contributed by atoms with Crippen LogP contribution in [0.1, 0.15) is 44.7 Å². The lowest BCUT2D eigenvalue weighted by Crippen LogP contribution is -2.34. The van der Waals surface area contributed by atoms with Gasteiger partial charge in [0.2, 0.25) is 0 Å². The van der Waals surface area contributed by atoms with Crippen LogP contribution in [-0.2, 0) is 5.41 Å². The molecule has 3 aliphatic rings. The van der Waals surface area contributed by atoms with Crippen LogP contribution in [-0.4, -0.2) is 9.13 Å². The van der Waals surface area contributed by atoms with Crippen molar-refractivity contribution in [1.29, 1.82) is 0 Å². The van der Waals surface area contributed by atoms with E-state index in [1.165, 1.54) is 66.6 Å². The molecule has 2 aliphatic carbocycles. The van der Waals surface area contributed by atoms with Crippen LogP contribution in [0.2, 0.25) is 0 Å². The third-order valence-electron chi connectivity index (χ3n) is 10.1. The Hall–Kier alpha value is -5.02. The minimum atomic E-state index is -0.0220. The number of hydrogen-bond acceptors (Lipinski definition) is 1. The third kappa shape index (κ3) is 3.56. The number of para-hydroxylation sites is 2. The Balaban J connectivity index is 1.25. The number of rotatable bonds is 3. The molecule has 44 heavy (non-hydrogen) atoms. The highest BCUT2D eigenvalue weighted by Crippen LogP contribution is 2.50. The van der Waals surface area contributed by atoms with Crippen LogP contribution in [0.25, 0.3) is 38.4 Å². The second-order valence-electron chi connectivity index (χ2n) is 12.9. The monoisotopic (exact) mass is 569 g/mol. The average Bonchev–Trinajstić information content (AvgIpc) is 3.65. The van der Waals surface area contributed by atoms with Crippen molar-refractivity contribution in [3.8, 4) is 5.69 Å². The van der Waals surface area contributed by atoms with Gasteiger partial charge in [-0.2, -0.15) is 0 Å². The maximum Gasteiger partial charge on any atom is 0.0785 e. The van der Waals surface area contributed by atoms with E-state index in [1.54, 1.807) is 0 Å². The molecule has 0 N–H and O–H groups in total. The number of anilines is 2. The topological polar surface area (TPSA) is 13.1 Å². The smallest absolute Gasteiger partial charge is 0.0785 e. The number of benzene rings is 4.